The molecule has 1 atom stereocenters. The molecule has 0 radical (unpaired) electrons. The van der Waals surface area contributed by atoms with Gasteiger partial charge >= 0.3 is 0 Å². The average Bonchev–Trinajstić information content (AvgIpc) is 3.08. The number of Topliss-reactive ketones (excluding diaryl/α,β-unsaturated/α-hetero) is 1. The third kappa shape index (κ3) is 5.08. The van der Waals surface area contributed by atoms with Crippen LogP contribution in [0.5, 0.6) is 5.75 Å². The topological polar surface area (TPSA) is 85.5 Å². The minimum atomic E-state index is -0.980. The Labute approximate surface area is 158 Å². The van der Waals surface area contributed by atoms with Crippen LogP contribution < -0.4 is 4.74 Å². The van der Waals surface area contributed by atoms with Gasteiger partial charge in [0, 0.05) is 18.9 Å². The highest BCUT2D eigenvalue weighted by molar-refractivity contribution is 7.98. The molecule has 0 saturated heterocycles. The zero-order valence-corrected chi connectivity index (χ0v) is 16.6. The molecule has 2 aromatic heterocycles. The molecule has 0 spiro atoms. The van der Waals surface area contributed by atoms with Crippen LogP contribution in [0, 0.1) is 0 Å². The molecule has 0 aliphatic heterocycles. The molecular formula is C19H26N2O4S. The van der Waals surface area contributed by atoms with Crippen molar-refractivity contribution < 1.29 is 19.1 Å². The van der Waals surface area contributed by atoms with Crippen LogP contribution in [0.4, 0.5) is 0 Å². The summed E-state index contributed by atoms with van der Waals surface area (Å²) in [6.07, 6.45) is 6.63. The van der Waals surface area contributed by atoms with Gasteiger partial charge in [-0.15, -0.1) is 11.8 Å². The summed E-state index contributed by atoms with van der Waals surface area (Å²) in [5.41, 5.74) is 1.59. The predicted octanol–water partition coefficient (Wildman–Crippen LogP) is 4.21. The molecule has 1 N–H and O–H groups in total. The van der Waals surface area contributed by atoms with Crippen LogP contribution in [0.15, 0.2) is 21.6 Å². The molecule has 0 aromatic carbocycles. The van der Waals surface area contributed by atoms with Crippen LogP contribution >= 0.6 is 11.8 Å². The van der Waals surface area contributed by atoms with E-state index in [1.807, 2.05) is 6.26 Å². The number of hydrogen-bond acceptors (Lipinski definition) is 7. The maximum atomic E-state index is 11.3. The summed E-state index contributed by atoms with van der Waals surface area (Å²) in [7, 11) is 1.57. The lowest BCUT2D eigenvalue weighted by atomic mass is 10.1. The van der Waals surface area contributed by atoms with E-state index in [1.165, 1.54) is 18.7 Å². The molecule has 0 aliphatic carbocycles. The normalized spacial score (nSPS) is 12.2. The van der Waals surface area contributed by atoms with E-state index in [0.29, 0.717) is 28.7 Å². The highest BCUT2D eigenvalue weighted by Crippen LogP contribution is 2.38. The molecule has 0 aliphatic rings. The molecule has 142 valence electrons. The van der Waals surface area contributed by atoms with Crippen LogP contribution in [0.3, 0.4) is 0 Å². The van der Waals surface area contributed by atoms with E-state index in [2.05, 4.69) is 16.9 Å². The Morgan fingerprint density at radius 1 is 1.38 bits per heavy atom. The second-order valence-electron chi connectivity index (χ2n) is 6.14. The Hall–Kier alpha value is -1.86. The number of pyridine rings is 1. The van der Waals surface area contributed by atoms with E-state index in [0.717, 1.165) is 30.6 Å². The number of ether oxygens (including phenoxy) is 1. The molecule has 0 bridgehead atoms. The number of unbranched alkanes of at least 4 members (excludes halogenated alkanes) is 2. The molecule has 0 fully saturated rings. The summed E-state index contributed by atoms with van der Waals surface area (Å²) in [6.45, 7) is 3.59. The molecule has 6 nitrogen and oxygen atoms in total. The molecule has 2 heterocycles. The standard InChI is InChI=1S/C19H26N2O4S/c1-5-6-7-8-17-20-14(11-25-17)18-19(26-4)16(24-3)10-13(21-18)15(23)9-12(2)22/h10-11,15,23H,5-9H2,1-4H3. The largest absolute Gasteiger partial charge is 0.495 e. The smallest absolute Gasteiger partial charge is 0.194 e. The number of carbonyl (C=O) groups excluding carboxylic acids is 1. The summed E-state index contributed by atoms with van der Waals surface area (Å²) in [6, 6.07) is 1.67. The second-order valence-corrected chi connectivity index (χ2v) is 6.95. The number of rotatable bonds is 10. The lowest BCUT2D eigenvalue weighted by Crippen LogP contribution is -2.07. The monoisotopic (exact) mass is 378 g/mol. The van der Waals surface area contributed by atoms with Gasteiger partial charge in [-0.1, -0.05) is 19.8 Å². The van der Waals surface area contributed by atoms with Gasteiger partial charge in [0.25, 0.3) is 0 Å². The number of thioether (sulfide) groups is 1. The number of aryl methyl sites for hydroxylation is 1. The van der Waals surface area contributed by atoms with Crippen molar-refractivity contribution in [2.24, 2.45) is 0 Å². The first-order valence-corrected chi connectivity index (χ1v) is 9.97. The van der Waals surface area contributed by atoms with Crippen LogP contribution in [0.2, 0.25) is 0 Å². The van der Waals surface area contributed by atoms with Crippen molar-refractivity contribution in [1.82, 2.24) is 9.97 Å². The highest BCUT2D eigenvalue weighted by atomic mass is 32.2. The van der Waals surface area contributed by atoms with E-state index in [-0.39, 0.29) is 12.2 Å². The van der Waals surface area contributed by atoms with Gasteiger partial charge in [-0.05, 0) is 19.6 Å². The number of oxazole rings is 1. The van der Waals surface area contributed by atoms with Crippen LogP contribution in [0.1, 0.15) is 57.2 Å². The fourth-order valence-corrected chi connectivity index (χ4v) is 3.35. The zero-order valence-electron chi connectivity index (χ0n) is 15.7. The van der Waals surface area contributed by atoms with E-state index >= 15 is 0 Å². The van der Waals surface area contributed by atoms with Crippen molar-refractivity contribution in [2.45, 2.75) is 57.0 Å². The van der Waals surface area contributed by atoms with Crippen molar-refractivity contribution in [3.63, 3.8) is 0 Å². The van der Waals surface area contributed by atoms with Crippen molar-refractivity contribution in [2.75, 3.05) is 13.4 Å². The Morgan fingerprint density at radius 2 is 2.15 bits per heavy atom. The van der Waals surface area contributed by atoms with E-state index < -0.39 is 6.10 Å². The maximum Gasteiger partial charge on any atom is 0.194 e. The van der Waals surface area contributed by atoms with Crippen molar-refractivity contribution in [3.8, 4) is 17.1 Å². The van der Waals surface area contributed by atoms with Crippen LogP contribution in [-0.4, -0.2) is 34.2 Å². The number of carbonyl (C=O) groups is 1. The predicted molar refractivity (Wildman–Crippen MR) is 102 cm³/mol. The van der Waals surface area contributed by atoms with Crippen molar-refractivity contribution in [3.05, 3.63) is 23.9 Å². The maximum absolute atomic E-state index is 11.3. The third-order valence-corrected chi connectivity index (χ3v) is 4.80. The van der Waals surface area contributed by atoms with E-state index in [4.69, 9.17) is 9.15 Å². The number of aromatic nitrogens is 2. The molecule has 0 amide bonds. The zero-order chi connectivity index (χ0) is 19.1. The summed E-state index contributed by atoms with van der Waals surface area (Å²) < 4.78 is 11.1. The van der Waals surface area contributed by atoms with Crippen LogP contribution in [-0.2, 0) is 11.2 Å². The Morgan fingerprint density at radius 3 is 2.77 bits per heavy atom. The minimum absolute atomic E-state index is 0.00922. The first kappa shape index (κ1) is 20.5. The van der Waals surface area contributed by atoms with Gasteiger partial charge in [-0.3, -0.25) is 4.79 Å². The van der Waals surface area contributed by atoms with Crippen molar-refractivity contribution in [1.29, 1.82) is 0 Å². The molecule has 7 heteroatoms. The Bertz CT molecular complexity index is 745. The number of hydrogen-bond donors (Lipinski definition) is 1. The van der Waals surface area contributed by atoms with Gasteiger partial charge in [-0.25, -0.2) is 9.97 Å². The second kappa shape index (κ2) is 9.73. The van der Waals surface area contributed by atoms with E-state index in [9.17, 15) is 9.90 Å². The first-order valence-electron chi connectivity index (χ1n) is 8.75. The SMILES string of the molecule is CCCCCc1nc(-c2nc(C(O)CC(C)=O)cc(OC)c2SC)co1. The summed E-state index contributed by atoms with van der Waals surface area (Å²) in [4.78, 5) is 21.3. The fraction of sp³-hybridized carbons (Fsp3) is 0.526. The van der Waals surface area contributed by atoms with Gasteiger partial charge in [0.15, 0.2) is 5.89 Å². The number of aliphatic hydroxyl groups is 1. The highest BCUT2D eigenvalue weighted by Gasteiger charge is 2.21. The van der Waals surface area contributed by atoms with E-state index in [1.54, 1.807) is 19.4 Å². The summed E-state index contributed by atoms with van der Waals surface area (Å²) in [5.74, 6) is 1.17. The molecular weight excluding hydrogens is 352 g/mol. The summed E-state index contributed by atoms with van der Waals surface area (Å²) in [5, 5.41) is 10.3. The molecule has 2 rings (SSSR count). The van der Waals surface area contributed by atoms with Crippen molar-refractivity contribution >= 4 is 17.5 Å². The molecule has 0 saturated carbocycles. The van der Waals surface area contributed by atoms with Gasteiger partial charge in [0.05, 0.1) is 17.7 Å². The van der Waals surface area contributed by atoms with Gasteiger partial charge in [-0.2, -0.15) is 0 Å². The van der Waals surface area contributed by atoms with Gasteiger partial charge in [0.1, 0.15) is 35.3 Å². The number of aliphatic hydroxyl groups excluding tert-OH is 1. The number of ketones is 1. The van der Waals surface area contributed by atoms with Crippen LogP contribution in [0.25, 0.3) is 11.4 Å². The minimum Gasteiger partial charge on any atom is -0.495 e. The van der Waals surface area contributed by atoms with Gasteiger partial charge in [0.2, 0.25) is 0 Å². The Kier molecular flexibility index (Phi) is 7.66. The lowest BCUT2D eigenvalue weighted by molar-refractivity contribution is -0.118. The molecule has 1 unspecified atom stereocenters. The third-order valence-electron chi connectivity index (χ3n) is 3.99. The summed E-state index contributed by atoms with van der Waals surface area (Å²) >= 11 is 1.49. The lowest BCUT2D eigenvalue weighted by Gasteiger charge is -2.15. The average molecular weight is 378 g/mol. The Balaban J connectivity index is 2.40. The molecule has 2 aromatic rings. The quantitative estimate of drug-likeness (QED) is 0.489. The first-order chi connectivity index (χ1) is 12.5. The number of nitrogens with zero attached hydrogens (tertiary/aromatic N) is 2. The van der Waals surface area contributed by atoms with Gasteiger partial charge < -0.3 is 14.3 Å². The number of methoxy groups -OCH3 is 1. The fourth-order valence-electron chi connectivity index (χ4n) is 2.66. The molecule has 26 heavy (non-hydrogen) atoms.